The Balaban J connectivity index is 1.85. The van der Waals surface area contributed by atoms with Crippen molar-refractivity contribution in [3.63, 3.8) is 0 Å². The third-order valence-electron chi connectivity index (χ3n) is 3.24. The Morgan fingerprint density at radius 1 is 1.39 bits per heavy atom. The van der Waals surface area contributed by atoms with Crippen LogP contribution in [0.5, 0.6) is 0 Å². The maximum Gasteiger partial charge on any atom is 0.254 e. The number of carbonyl (C=O) groups is 2. The molecule has 1 aliphatic heterocycles. The average Bonchev–Trinajstić information content (AvgIpc) is 2.76. The molecule has 1 fully saturated rings. The molecule has 0 atom stereocenters. The van der Waals surface area contributed by atoms with Crippen LogP contribution >= 0.6 is 0 Å². The molecular weight excluding hydrogens is 232 g/mol. The van der Waals surface area contributed by atoms with Gasteiger partial charge in [0.05, 0.1) is 11.8 Å². The fourth-order valence-corrected chi connectivity index (χ4v) is 2.15. The van der Waals surface area contributed by atoms with Gasteiger partial charge in [0, 0.05) is 39.3 Å². The van der Waals surface area contributed by atoms with E-state index in [1.807, 2.05) is 4.90 Å². The van der Waals surface area contributed by atoms with E-state index >= 15 is 0 Å². The Morgan fingerprint density at radius 2 is 2.06 bits per heavy atom. The molecule has 98 valence electrons. The smallest absolute Gasteiger partial charge is 0.254 e. The predicted molar refractivity (Wildman–Crippen MR) is 66.0 cm³/mol. The van der Waals surface area contributed by atoms with Gasteiger partial charge in [0.1, 0.15) is 0 Å². The molecule has 0 saturated carbocycles. The fraction of sp³-hybridized carbons (Fsp3) is 0.583. The minimum atomic E-state index is -0.0932. The number of carbonyl (C=O) groups excluding carboxylic acids is 2. The van der Waals surface area contributed by atoms with Gasteiger partial charge in [0.25, 0.3) is 5.91 Å². The summed E-state index contributed by atoms with van der Waals surface area (Å²) in [6, 6.07) is 0.147. The summed E-state index contributed by atoms with van der Waals surface area (Å²) in [5, 5.41) is 6.95. The molecule has 2 amide bonds. The second-order valence-corrected chi connectivity index (χ2v) is 4.66. The molecular formula is C12H18N4O2. The Bertz CT molecular complexity index is 447. The summed E-state index contributed by atoms with van der Waals surface area (Å²) >= 11 is 0. The average molecular weight is 250 g/mol. The number of amides is 2. The van der Waals surface area contributed by atoms with E-state index < -0.39 is 0 Å². The van der Waals surface area contributed by atoms with Crippen LogP contribution in [0.25, 0.3) is 0 Å². The van der Waals surface area contributed by atoms with Gasteiger partial charge in [-0.25, -0.2) is 0 Å². The molecule has 6 nitrogen and oxygen atoms in total. The molecule has 1 N–H and O–H groups in total. The quantitative estimate of drug-likeness (QED) is 0.813. The van der Waals surface area contributed by atoms with Gasteiger partial charge >= 0.3 is 0 Å². The zero-order valence-corrected chi connectivity index (χ0v) is 10.7. The summed E-state index contributed by atoms with van der Waals surface area (Å²) in [6.07, 6.45) is 4.87. The highest BCUT2D eigenvalue weighted by Crippen LogP contribution is 2.11. The summed E-state index contributed by atoms with van der Waals surface area (Å²) in [5.41, 5.74) is 0.575. The van der Waals surface area contributed by atoms with E-state index in [1.54, 1.807) is 31.0 Å². The first-order valence-corrected chi connectivity index (χ1v) is 6.11. The lowest BCUT2D eigenvalue weighted by molar-refractivity contribution is -0.129. The van der Waals surface area contributed by atoms with Crippen molar-refractivity contribution in [1.82, 2.24) is 20.0 Å². The number of likely N-dealkylation sites (tertiary alicyclic amines) is 1. The van der Waals surface area contributed by atoms with Gasteiger partial charge in [-0.2, -0.15) is 5.10 Å². The number of nitrogens with zero attached hydrogens (tertiary/aromatic N) is 3. The number of piperidine rings is 1. The molecule has 1 aliphatic rings. The van der Waals surface area contributed by atoms with Crippen molar-refractivity contribution in [2.75, 3.05) is 13.1 Å². The molecule has 0 unspecified atom stereocenters. The SMILES string of the molecule is CC(=O)N1CCC(NC(=O)c2cnn(C)c2)CC1. The van der Waals surface area contributed by atoms with Crippen LogP contribution in [-0.4, -0.2) is 45.6 Å². The van der Waals surface area contributed by atoms with Gasteiger partial charge in [-0.15, -0.1) is 0 Å². The van der Waals surface area contributed by atoms with Crippen molar-refractivity contribution >= 4 is 11.8 Å². The standard InChI is InChI=1S/C12H18N4O2/c1-9(17)16-5-3-11(4-6-16)14-12(18)10-7-13-15(2)8-10/h7-8,11H,3-6H2,1-2H3,(H,14,18). The topological polar surface area (TPSA) is 67.2 Å². The van der Waals surface area contributed by atoms with Gasteiger partial charge < -0.3 is 10.2 Å². The zero-order chi connectivity index (χ0) is 13.1. The highest BCUT2D eigenvalue weighted by Gasteiger charge is 2.22. The number of aryl methyl sites for hydroxylation is 1. The Labute approximate surface area is 106 Å². The van der Waals surface area contributed by atoms with Crippen molar-refractivity contribution < 1.29 is 9.59 Å². The largest absolute Gasteiger partial charge is 0.349 e. The number of hydrogen-bond donors (Lipinski definition) is 1. The monoisotopic (exact) mass is 250 g/mol. The van der Waals surface area contributed by atoms with Crippen molar-refractivity contribution in [3.8, 4) is 0 Å². The van der Waals surface area contributed by atoms with Crippen molar-refractivity contribution in [2.45, 2.75) is 25.8 Å². The molecule has 1 aromatic heterocycles. The summed E-state index contributed by atoms with van der Waals surface area (Å²) < 4.78 is 1.60. The highest BCUT2D eigenvalue weighted by atomic mass is 16.2. The third-order valence-corrected chi connectivity index (χ3v) is 3.24. The van der Waals surface area contributed by atoms with E-state index in [2.05, 4.69) is 10.4 Å². The molecule has 1 aromatic rings. The zero-order valence-electron chi connectivity index (χ0n) is 10.7. The molecule has 2 rings (SSSR count). The third kappa shape index (κ3) is 2.88. The lowest BCUT2D eigenvalue weighted by Gasteiger charge is -2.31. The lowest BCUT2D eigenvalue weighted by atomic mass is 10.0. The van der Waals surface area contributed by atoms with Crippen molar-refractivity contribution in [2.24, 2.45) is 7.05 Å². The van der Waals surface area contributed by atoms with Crippen LogP contribution in [-0.2, 0) is 11.8 Å². The number of hydrogen-bond acceptors (Lipinski definition) is 3. The van der Waals surface area contributed by atoms with E-state index in [9.17, 15) is 9.59 Å². The Hall–Kier alpha value is -1.85. The number of aromatic nitrogens is 2. The fourth-order valence-electron chi connectivity index (χ4n) is 2.15. The first kappa shape index (κ1) is 12.6. The summed E-state index contributed by atoms with van der Waals surface area (Å²) in [5.74, 6) is 0.0106. The van der Waals surface area contributed by atoms with Gasteiger partial charge in [0.15, 0.2) is 0 Å². The molecule has 18 heavy (non-hydrogen) atoms. The van der Waals surface area contributed by atoms with Crippen LogP contribution in [0.1, 0.15) is 30.1 Å². The van der Waals surface area contributed by atoms with E-state index in [4.69, 9.17) is 0 Å². The highest BCUT2D eigenvalue weighted by molar-refractivity contribution is 5.93. The molecule has 2 heterocycles. The van der Waals surface area contributed by atoms with E-state index in [-0.39, 0.29) is 17.9 Å². The van der Waals surface area contributed by atoms with Crippen LogP contribution < -0.4 is 5.32 Å². The number of rotatable bonds is 2. The normalized spacial score (nSPS) is 16.7. The van der Waals surface area contributed by atoms with Crippen LogP contribution in [0.2, 0.25) is 0 Å². The molecule has 0 bridgehead atoms. The van der Waals surface area contributed by atoms with Crippen LogP contribution in [0, 0.1) is 0 Å². The van der Waals surface area contributed by atoms with E-state index in [0.717, 1.165) is 12.8 Å². The van der Waals surface area contributed by atoms with Crippen LogP contribution in [0.3, 0.4) is 0 Å². The lowest BCUT2D eigenvalue weighted by Crippen LogP contribution is -2.45. The van der Waals surface area contributed by atoms with E-state index in [1.165, 1.54) is 0 Å². The maximum atomic E-state index is 11.9. The second kappa shape index (κ2) is 5.20. The number of nitrogens with one attached hydrogen (secondary N) is 1. The van der Waals surface area contributed by atoms with Crippen LogP contribution in [0.15, 0.2) is 12.4 Å². The first-order valence-electron chi connectivity index (χ1n) is 6.11. The van der Waals surface area contributed by atoms with Gasteiger partial charge in [-0.3, -0.25) is 14.3 Å². The maximum absolute atomic E-state index is 11.9. The summed E-state index contributed by atoms with van der Waals surface area (Å²) in [4.78, 5) is 24.9. The Morgan fingerprint density at radius 3 is 2.56 bits per heavy atom. The Kier molecular flexibility index (Phi) is 3.64. The summed E-state index contributed by atoms with van der Waals surface area (Å²) in [7, 11) is 1.78. The van der Waals surface area contributed by atoms with Crippen molar-refractivity contribution in [3.05, 3.63) is 18.0 Å². The minimum Gasteiger partial charge on any atom is -0.349 e. The second-order valence-electron chi connectivity index (χ2n) is 4.66. The van der Waals surface area contributed by atoms with Gasteiger partial charge in [0.2, 0.25) is 5.91 Å². The van der Waals surface area contributed by atoms with Crippen LogP contribution in [0.4, 0.5) is 0 Å². The van der Waals surface area contributed by atoms with E-state index in [0.29, 0.717) is 18.7 Å². The van der Waals surface area contributed by atoms with Gasteiger partial charge in [-0.1, -0.05) is 0 Å². The molecule has 0 aromatic carbocycles. The predicted octanol–water partition coefficient (Wildman–Crippen LogP) is 0.161. The summed E-state index contributed by atoms with van der Waals surface area (Å²) in [6.45, 7) is 3.01. The molecule has 0 radical (unpaired) electrons. The molecule has 0 spiro atoms. The minimum absolute atomic E-state index is 0.0932. The van der Waals surface area contributed by atoms with Gasteiger partial charge in [-0.05, 0) is 12.8 Å². The molecule has 1 saturated heterocycles. The van der Waals surface area contributed by atoms with Crippen molar-refractivity contribution in [1.29, 1.82) is 0 Å². The molecule has 0 aliphatic carbocycles. The molecule has 6 heteroatoms. The first-order chi connectivity index (χ1) is 8.56.